The molecule has 1 aromatic rings. The summed E-state index contributed by atoms with van der Waals surface area (Å²) in [6.45, 7) is 1.55. The summed E-state index contributed by atoms with van der Waals surface area (Å²) in [4.78, 5) is 2.02. The van der Waals surface area contributed by atoms with Gasteiger partial charge in [0.1, 0.15) is 5.82 Å². The Kier molecular flexibility index (Phi) is 4.17. The largest absolute Gasteiger partial charge is 0.381 e. The first-order chi connectivity index (χ1) is 6.59. The lowest BCUT2D eigenvalue weighted by Gasteiger charge is -2.11. The number of halogens is 2. The minimum atomic E-state index is -0.270. The predicted molar refractivity (Wildman–Crippen MR) is 58.5 cm³/mol. The van der Waals surface area contributed by atoms with Gasteiger partial charge < -0.3 is 10.2 Å². The van der Waals surface area contributed by atoms with E-state index in [1.807, 2.05) is 19.0 Å². The summed E-state index contributed by atoms with van der Waals surface area (Å²) in [6.07, 6.45) is 0. The summed E-state index contributed by atoms with van der Waals surface area (Å²) < 4.78 is 13.2. The lowest BCUT2D eigenvalue weighted by atomic mass is 10.3. The zero-order chi connectivity index (χ0) is 10.6. The summed E-state index contributed by atoms with van der Waals surface area (Å²) in [7, 11) is 3.94. The van der Waals surface area contributed by atoms with E-state index >= 15 is 0 Å². The van der Waals surface area contributed by atoms with Crippen molar-refractivity contribution in [3.63, 3.8) is 0 Å². The standard InChI is InChI=1S/C10H14ClFN2/c1-14(2)6-5-13-10-7-8(11)3-4-9(10)12/h3-4,7,13H,5-6H2,1-2H3. The van der Waals surface area contributed by atoms with Crippen LogP contribution in [-0.4, -0.2) is 32.1 Å². The second-order valence-corrected chi connectivity index (χ2v) is 3.79. The maximum Gasteiger partial charge on any atom is 0.146 e. The summed E-state index contributed by atoms with van der Waals surface area (Å²) in [5.74, 6) is -0.270. The van der Waals surface area contributed by atoms with Crippen molar-refractivity contribution in [3.8, 4) is 0 Å². The molecule has 4 heteroatoms. The molecule has 78 valence electrons. The van der Waals surface area contributed by atoms with Crippen molar-refractivity contribution >= 4 is 17.3 Å². The molecule has 0 heterocycles. The maximum atomic E-state index is 13.2. The van der Waals surface area contributed by atoms with Gasteiger partial charge in [0, 0.05) is 18.1 Å². The van der Waals surface area contributed by atoms with Gasteiger partial charge in [0.05, 0.1) is 5.69 Å². The lowest BCUT2D eigenvalue weighted by molar-refractivity contribution is 0.425. The van der Waals surface area contributed by atoms with E-state index in [0.717, 1.165) is 6.54 Å². The van der Waals surface area contributed by atoms with Crippen LogP contribution < -0.4 is 5.32 Å². The summed E-state index contributed by atoms with van der Waals surface area (Å²) in [6, 6.07) is 4.49. The van der Waals surface area contributed by atoms with Crippen LogP contribution in [0.2, 0.25) is 5.02 Å². The maximum absolute atomic E-state index is 13.2. The van der Waals surface area contributed by atoms with Crippen LogP contribution >= 0.6 is 11.6 Å². The second-order valence-electron chi connectivity index (χ2n) is 3.35. The highest BCUT2D eigenvalue weighted by Crippen LogP contribution is 2.18. The smallest absolute Gasteiger partial charge is 0.146 e. The molecule has 0 fully saturated rings. The van der Waals surface area contributed by atoms with E-state index in [-0.39, 0.29) is 5.82 Å². The van der Waals surface area contributed by atoms with Crippen LogP contribution in [0, 0.1) is 5.82 Å². The van der Waals surface area contributed by atoms with Crippen LogP contribution in [0.25, 0.3) is 0 Å². The number of likely N-dealkylation sites (N-methyl/N-ethyl adjacent to an activating group) is 1. The Labute approximate surface area is 88.7 Å². The van der Waals surface area contributed by atoms with E-state index in [1.54, 1.807) is 6.07 Å². The highest BCUT2D eigenvalue weighted by Gasteiger charge is 2.01. The fourth-order valence-corrected chi connectivity index (χ4v) is 1.22. The molecule has 0 saturated carbocycles. The van der Waals surface area contributed by atoms with Gasteiger partial charge in [-0.1, -0.05) is 11.6 Å². The predicted octanol–water partition coefficient (Wildman–Crippen LogP) is 2.45. The van der Waals surface area contributed by atoms with Crippen LogP contribution in [0.3, 0.4) is 0 Å². The average Bonchev–Trinajstić information content (AvgIpc) is 2.10. The minimum absolute atomic E-state index is 0.270. The van der Waals surface area contributed by atoms with E-state index in [2.05, 4.69) is 5.32 Å². The van der Waals surface area contributed by atoms with Gasteiger partial charge in [-0.15, -0.1) is 0 Å². The minimum Gasteiger partial charge on any atom is -0.381 e. The van der Waals surface area contributed by atoms with Crippen molar-refractivity contribution in [3.05, 3.63) is 29.0 Å². The van der Waals surface area contributed by atoms with Crippen LogP contribution in [-0.2, 0) is 0 Å². The number of hydrogen-bond donors (Lipinski definition) is 1. The Balaban J connectivity index is 2.53. The van der Waals surface area contributed by atoms with Crippen molar-refractivity contribution in [2.24, 2.45) is 0 Å². The van der Waals surface area contributed by atoms with Crippen LogP contribution in [0.1, 0.15) is 0 Å². The van der Waals surface area contributed by atoms with Gasteiger partial charge in [-0.25, -0.2) is 4.39 Å². The highest BCUT2D eigenvalue weighted by molar-refractivity contribution is 6.30. The van der Waals surface area contributed by atoms with Gasteiger partial charge in [-0.05, 0) is 32.3 Å². The zero-order valence-corrected chi connectivity index (χ0v) is 9.11. The fourth-order valence-electron chi connectivity index (χ4n) is 1.05. The molecule has 0 radical (unpaired) electrons. The molecule has 0 spiro atoms. The van der Waals surface area contributed by atoms with Gasteiger partial charge in [0.15, 0.2) is 0 Å². The molecule has 0 aromatic heterocycles. The second kappa shape index (κ2) is 5.17. The van der Waals surface area contributed by atoms with Gasteiger partial charge in [-0.3, -0.25) is 0 Å². The van der Waals surface area contributed by atoms with Crippen molar-refractivity contribution in [2.75, 3.05) is 32.5 Å². The van der Waals surface area contributed by atoms with Crippen LogP contribution in [0.15, 0.2) is 18.2 Å². The van der Waals surface area contributed by atoms with Crippen molar-refractivity contribution in [1.29, 1.82) is 0 Å². The van der Waals surface area contributed by atoms with E-state index in [4.69, 9.17) is 11.6 Å². The van der Waals surface area contributed by atoms with Crippen LogP contribution in [0.4, 0.5) is 10.1 Å². The number of nitrogens with zero attached hydrogens (tertiary/aromatic N) is 1. The molecule has 14 heavy (non-hydrogen) atoms. The lowest BCUT2D eigenvalue weighted by Crippen LogP contribution is -2.21. The van der Waals surface area contributed by atoms with Crippen molar-refractivity contribution < 1.29 is 4.39 Å². The van der Waals surface area contributed by atoms with E-state index < -0.39 is 0 Å². The third-order valence-corrected chi connectivity index (χ3v) is 2.04. The Morgan fingerprint density at radius 1 is 1.43 bits per heavy atom. The Bertz CT molecular complexity index is 302. The molecule has 0 aliphatic carbocycles. The van der Waals surface area contributed by atoms with Gasteiger partial charge in [0.25, 0.3) is 0 Å². The van der Waals surface area contributed by atoms with Gasteiger partial charge in [0.2, 0.25) is 0 Å². The molecule has 0 aliphatic heterocycles. The normalized spacial score (nSPS) is 10.6. The third kappa shape index (κ3) is 3.52. The monoisotopic (exact) mass is 216 g/mol. The Morgan fingerprint density at radius 2 is 2.14 bits per heavy atom. The first-order valence-corrected chi connectivity index (χ1v) is 4.81. The highest BCUT2D eigenvalue weighted by atomic mass is 35.5. The molecule has 0 unspecified atom stereocenters. The first kappa shape index (κ1) is 11.3. The summed E-state index contributed by atoms with van der Waals surface area (Å²) in [5.41, 5.74) is 0.458. The molecule has 0 aliphatic rings. The molecule has 1 rings (SSSR count). The number of anilines is 1. The molecule has 0 atom stereocenters. The zero-order valence-electron chi connectivity index (χ0n) is 8.35. The molecular weight excluding hydrogens is 203 g/mol. The first-order valence-electron chi connectivity index (χ1n) is 4.43. The molecule has 0 bridgehead atoms. The summed E-state index contributed by atoms with van der Waals surface area (Å²) in [5, 5.41) is 3.52. The molecular formula is C10H14ClFN2. The number of rotatable bonds is 4. The molecule has 0 amide bonds. The average molecular weight is 217 g/mol. The summed E-state index contributed by atoms with van der Waals surface area (Å²) >= 11 is 5.74. The van der Waals surface area contributed by atoms with E-state index in [0.29, 0.717) is 17.3 Å². The van der Waals surface area contributed by atoms with E-state index in [9.17, 15) is 4.39 Å². The van der Waals surface area contributed by atoms with Crippen molar-refractivity contribution in [1.82, 2.24) is 4.90 Å². The third-order valence-electron chi connectivity index (χ3n) is 1.80. The SMILES string of the molecule is CN(C)CCNc1cc(Cl)ccc1F. The fraction of sp³-hybridized carbons (Fsp3) is 0.400. The topological polar surface area (TPSA) is 15.3 Å². The van der Waals surface area contributed by atoms with Gasteiger partial charge in [-0.2, -0.15) is 0 Å². The Morgan fingerprint density at radius 3 is 2.79 bits per heavy atom. The quantitative estimate of drug-likeness (QED) is 0.832. The number of benzene rings is 1. The molecule has 1 N–H and O–H groups in total. The van der Waals surface area contributed by atoms with Crippen molar-refractivity contribution in [2.45, 2.75) is 0 Å². The molecule has 0 saturated heterocycles. The number of hydrogen-bond acceptors (Lipinski definition) is 2. The number of nitrogens with one attached hydrogen (secondary N) is 1. The molecule has 2 nitrogen and oxygen atoms in total. The van der Waals surface area contributed by atoms with Crippen LogP contribution in [0.5, 0.6) is 0 Å². The van der Waals surface area contributed by atoms with Gasteiger partial charge >= 0.3 is 0 Å². The molecule has 1 aromatic carbocycles. The Hall–Kier alpha value is -0.800. The van der Waals surface area contributed by atoms with E-state index in [1.165, 1.54) is 12.1 Å².